The van der Waals surface area contributed by atoms with Crippen molar-refractivity contribution in [3.05, 3.63) is 22.4 Å². The molecule has 0 spiro atoms. The number of hydrogen-bond acceptors (Lipinski definition) is 5. The average molecular weight is 363 g/mol. The van der Waals surface area contributed by atoms with Crippen LogP contribution in [0.15, 0.2) is 5.03 Å². The summed E-state index contributed by atoms with van der Waals surface area (Å²) in [6, 6.07) is 2.32. The molecule has 0 aliphatic carbocycles. The minimum Gasteiger partial charge on any atom is -0.466 e. The third kappa shape index (κ3) is 5.45. The summed E-state index contributed by atoms with van der Waals surface area (Å²) in [5, 5.41) is 10.4. The zero-order chi connectivity index (χ0) is 18.2. The van der Waals surface area contributed by atoms with Crippen molar-refractivity contribution >= 4 is 17.7 Å². The van der Waals surface area contributed by atoms with Crippen LogP contribution in [0.1, 0.15) is 48.6 Å². The van der Waals surface area contributed by atoms with E-state index < -0.39 is 0 Å². The predicted molar refractivity (Wildman–Crippen MR) is 98.9 cm³/mol. The van der Waals surface area contributed by atoms with Gasteiger partial charge >= 0.3 is 5.97 Å². The van der Waals surface area contributed by atoms with Crippen LogP contribution in [0, 0.1) is 25.2 Å². The van der Waals surface area contributed by atoms with E-state index in [2.05, 4.69) is 11.1 Å². The standard InChI is InChI=1S/C19H27N3O2S/c1-4-24-18(23)8-7-16-14(2)17(13-20)19(21-15(16)3)25-12-11-22-9-5-6-10-22/h4-12H2,1-3H3/p+1. The normalized spacial score (nSPS) is 14.5. The predicted octanol–water partition coefficient (Wildman–Crippen LogP) is 1.84. The average Bonchev–Trinajstić information content (AvgIpc) is 3.08. The molecule has 25 heavy (non-hydrogen) atoms. The molecular formula is C19H28N3O2S+. The van der Waals surface area contributed by atoms with Gasteiger partial charge in [0.05, 0.1) is 31.8 Å². The van der Waals surface area contributed by atoms with Crippen LogP contribution in [0.2, 0.25) is 0 Å². The number of hydrogen-bond donors (Lipinski definition) is 1. The van der Waals surface area contributed by atoms with Gasteiger partial charge < -0.3 is 9.64 Å². The van der Waals surface area contributed by atoms with Crippen LogP contribution in [0.3, 0.4) is 0 Å². The van der Waals surface area contributed by atoms with Crippen molar-refractivity contribution in [1.82, 2.24) is 4.98 Å². The summed E-state index contributed by atoms with van der Waals surface area (Å²) < 4.78 is 4.99. The maximum Gasteiger partial charge on any atom is 0.306 e. The van der Waals surface area contributed by atoms with E-state index in [1.165, 1.54) is 25.9 Å². The number of rotatable bonds is 8. The molecule has 0 bridgehead atoms. The van der Waals surface area contributed by atoms with Gasteiger partial charge in [-0.05, 0) is 38.3 Å². The lowest BCUT2D eigenvalue weighted by Gasteiger charge is -2.15. The van der Waals surface area contributed by atoms with Crippen molar-refractivity contribution in [1.29, 1.82) is 5.26 Å². The Hall–Kier alpha value is -1.58. The van der Waals surface area contributed by atoms with Crippen molar-refractivity contribution in [2.24, 2.45) is 0 Å². The van der Waals surface area contributed by atoms with Crippen LogP contribution in [0.5, 0.6) is 0 Å². The Morgan fingerprint density at radius 1 is 1.36 bits per heavy atom. The lowest BCUT2D eigenvalue weighted by atomic mass is 9.99. The quantitative estimate of drug-likeness (QED) is 0.564. The number of thioether (sulfide) groups is 1. The highest BCUT2D eigenvalue weighted by Gasteiger charge is 2.18. The Morgan fingerprint density at radius 2 is 2.08 bits per heavy atom. The smallest absolute Gasteiger partial charge is 0.306 e. The Bertz CT molecular complexity index is 649. The Labute approximate surface area is 154 Å². The molecule has 0 radical (unpaired) electrons. The third-order valence-electron chi connectivity index (χ3n) is 4.75. The highest BCUT2D eigenvalue weighted by Crippen LogP contribution is 2.27. The first-order chi connectivity index (χ1) is 12.1. The molecule has 0 amide bonds. The third-order valence-corrected chi connectivity index (χ3v) is 5.73. The molecule has 1 aliphatic heterocycles. The molecule has 5 nitrogen and oxygen atoms in total. The van der Waals surface area contributed by atoms with E-state index in [1.54, 1.807) is 23.6 Å². The molecule has 1 aromatic rings. The SMILES string of the molecule is CCOC(=O)CCc1c(C)nc(SCC[NH+]2CCCC2)c(C#N)c1C. The second-order valence-electron chi connectivity index (χ2n) is 6.45. The zero-order valence-corrected chi connectivity index (χ0v) is 16.3. The first kappa shape index (κ1) is 19.7. The van der Waals surface area contributed by atoms with E-state index in [-0.39, 0.29) is 5.97 Å². The van der Waals surface area contributed by atoms with Gasteiger partial charge in [-0.3, -0.25) is 4.79 Å². The molecule has 0 saturated carbocycles. The monoisotopic (exact) mass is 362 g/mol. The maximum atomic E-state index is 11.6. The van der Waals surface area contributed by atoms with Gasteiger partial charge in [-0.25, -0.2) is 4.98 Å². The van der Waals surface area contributed by atoms with Crippen LogP contribution in [-0.4, -0.2) is 42.9 Å². The molecule has 1 N–H and O–H groups in total. The van der Waals surface area contributed by atoms with E-state index in [1.807, 2.05) is 13.8 Å². The number of likely N-dealkylation sites (tertiary alicyclic amines) is 1. The van der Waals surface area contributed by atoms with Gasteiger partial charge in [0.1, 0.15) is 11.1 Å². The van der Waals surface area contributed by atoms with E-state index in [0.717, 1.165) is 34.1 Å². The fourth-order valence-electron chi connectivity index (χ4n) is 3.34. The number of ether oxygens (including phenoxy) is 1. The van der Waals surface area contributed by atoms with Gasteiger partial charge in [-0.1, -0.05) is 11.8 Å². The van der Waals surface area contributed by atoms with E-state index >= 15 is 0 Å². The van der Waals surface area contributed by atoms with E-state index in [4.69, 9.17) is 4.74 Å². The van der Waals surface area contributed by atoms with Crippen molar-refractivity contribution in [2.75, 3.05) is 32.0 Å². The molecule has 0 aromatic carbocycles. The molecule has 1 aromatic heterocycles. The first-order valence-electron chi connectivity index (χ1n) is 9.09. The highest BCUT2D eigenvalue weighted by molar-refractivity contribution is 7.99. The summed E-state index contributed by atoms with van der Waals surface area (Å²) in [7, 11) is 0. The fraction of sp³-hybridized carbons (Fsp3) is 0.632. The van der Waals surface area contributed by atoms with Crippen molar-refractivity contribution in [3.63, 3.8) is 0 Å². The van der Waals surface area contributed by atoms with Crippen LogP contribution in [-0.2, 0) is 16.0 Å². The minimum absolute atomic E-state index is 0.202. The number of carbonyl (C=O) groups excluding carboxylic acids is 1. The summed E-state index contributed by atoms with van der Waals surface area (Å²) in [5.74, 6) is 0.782. The number of aromatic nitrogens is 1. The summed E-state index contributed by atoms with van der Waals surface area (Å²) in [5.41, 5.74) is 3.53. The Morgan fingerprint density at radius 3 is 2.72 bits per heavy atom. The van der Waals surface area contributed by atoms with Crippen LogP contribution in [0.25, 0.3) is 0 Å². The summed E-state index contributed by atoms with van der Waals surface area (Å²) in [6.07, 6.45) is 3.55. The van der Waals surface area contributed by atoms with E-state index in [9.17, 15) is 10.1 Å². The van der Waals surface area contributed by atoms with Crippen LogP contribution < -0.4 is 4.90 Å². The molecule has 6 heteroatoms. The summed E-state index contributed by atoms with van der Waals surface area (Å²) in [4.78, 5) is 17.9. The molecular weight excluding hydrogens is 334 g/mol. The van der Waals surface area contributed by atoms with Gasteiger partial charge in [-0.2, -0.15) is 5.26 Å². The van der Waals surface area contributed by atoms with Gasteiger partial charge in [0.2, 0.25) is 0 Å². The number of esters is 1. The van der Waals surface area contributed by atoms with E-state index in [0.29, 0.717) is 25.0 Å². The number of nitriles is 1. The largest absolute Gasteiger partial charge is 0.466 e. The lowest BCUT2D eigenvalue weighted by Crippen LogP contribution is -3.10. The van der Waals surface area contributed by atoms with Crippen molar-refractivity contribution in [3.8, 4) is 6.07 Å². The molecule has 1 aliphatic rings. The Kier molecular flexibility index (Phi) is 7.73. The summed E-state index contributed by atoms with van der Waals surface area (Å²) in [6.45, 7) is 9.79. The fourth-order valence-corrected chi connectivity index (χ4v) is 4.47. The van der Waals surface area contributed by atoms with Crippen molar-refractivity contribution < 1.29 is 14.4 Å². The molecule has 1 fully saturated rings. The second kappa shape index (κ2) is 9.79. The van der Waals surface area contributed by atoms with Gasteiger partial charge in [0, 0.05) is 30.7 Å². The lowest BCUT2D eigenvalue weighted by molar-refractivity contribution is -0.884. The Balaban J connectivity index is 2.05. The number of pyridine rings is 1. The molecule has 2 rings (SSSR count). The minimum atomic E-state index is -0.202. The molecule has 136 valence electrons. The number of nitrogens with zero attached hydrogens (tertiary/aromatic N) is 2. The van der Waals surface area contributed by atoms with Crippen LogP contribution in [0.4, 0.5) is 0 Å². The number of nitrogens with one attached hydrogen (secondary N) is 1. The van der Waals surface area contributed by atoms with Crippen molar-refractivity contribution in [2.45, 2.75) is 51.5 Å². The summed E-state index contributed by atoms with van der Waals surface area (Å²) >= 11 is 1.68. The first-order valence-corrected chi connectivity index (χ1v) is 10.1. The van der Waals surface area contributed by atoms with Gasteiger partial charge in [-0.15, -0.1) is 0 Å². The zero-order valence-electron chi connectivity index (χ0n) is 15.5. The second-order valence-corrected chi connectivity index (χ2v) is 7.54. The molecule has 2 heterocycles. The number of quaternary nitrogens is 1. The number of carbonyl (C=O) groups is 1. The molecule has 1 saturated heterocycles. The maximum absolute atomic E-state index is 11.6. The molecule has 0 unspecified atom stereocenters. The topological polar surface area (TPSA) is 67.4 Å². The number of aryl methyl sites for hydroxylation is 1. The molecule has 0 atom stereocenters. The van der Waals surface area contributed by atoms with Gasteiger partial charge in [0.25, 0.3) is 0 Å². The highest BCUT2D eigenvalue weighted by atomic mass is 32.2. The van der Waals surface area contributed by atoms with Gasteiger partial charge in [0.15, 0.2) is 0 Å². The van der Waals surface area contributed by atoms with Crippen LogP contribution >= 0.6 is 11.8 Å².